The first kappa shape index (κ1) is 23.3. The Morgan fingerprint density at radius 2 is 1.79 bits per heavy atom. The number of carbonyl (C=O) groups is 2. The van der Waals surface area contributed by atoms with Crippen LogP contribution in [-0.2, 0) is 0 Å². The van der Waals surface area contributed by atoms with Crippen LogP contribution in [0.5, 0.6) is 5.75 Å². The number of nitrogens with one attached hydrogen (secondary N) is 3. The lowest BCUT2D eigenvalue weighted by Gasteiger charge is -2.24. The SMILES string of the molecule is Cl.NC(=O)c1nc[nH]c1C(=O)N(c1ccc(OC2CCNCC2)cc1)c1nc2ccccc2[nH]1. The molecule has 0 radical (unpaired) electrons. The Balaban J connectivity index is 0.00000274. The highest BCUT2D eigenvalue weighted by Crippen LogP contribution is 2.30. The van der Waals surface area contributed by atoms with E-state index >= 15 is 0 Å². The molecule has 1 saturated heterocycles. The summed E-state index contributed by atoms with van der Waals surface area (Å²) >= 11 is 0. The number of para-hydroxylation sites is 2. The summed E-state index contributed by atoms with van der Waals surface area (Å²) in [4.78, 5) is 41.1. The second-order valence-electron chi connectivity index (χ2n) is 7.77. The summed E-state index contributed by atoms with van der Waals surface area (Å²) in [6, 6.07) is 14.7. The van der Waals surface area contributed by atoms with Crippen molar-refractivity contribution < 1.29 is 14.3 Å². The topological polar surface area (TPSA) is 142 Å². The maximum absolute atomic E-state index is 13.6. The lowest BCUT2D eigenvalue weighted by atomic mass is 10.1. The molecular formula is C23H24ClN7O3. The van der Waals surface area contributed by atoms with Crippen molar-refractivity contribution in [3.8, 4) is 5.75 Å². The van der Waals surface area contributed by atoms with Gasteiger partial charge in [0.05, 0.1) is 23.0 Å². The number of piperidine rings is 1. The van der Waals surface area contributed by atoms with Gasteiger partial charge in [0, 0.05) is 0 Å². The van der Waals surface area contributed by atoms with Gasteiger partial charge in [-0.3, -0.25) is 9.59 Å². The summed E-state index contributed by atoms with van der Waals surface area (Å²) in [5, 5.41) is 3.32. The van der Waals surface area contributed by atoms with E-state index < -0.39 is 11.8 Å². The number of H-pyrrole nitrogens is 2. The van der Waals surface area contributed by atoms with Gasteiger partial charge in [-0.1, -0.05) is 12.1 Å². The number of nitrogens with two attached hydrogens (primary N) is 1. The average molecular weight is 482 g/mol. The van der Waals surface area contributed by atoms with Crippen LogP contribution in [0.2, 0.25) is 0 Å². The van der Waals surface area contributed by atoms with E-state index in [0.717, 1.165) is 37.2 Å². The van der Waals surface area contributed by atoms with Gasteiger partial charge in [0.2, 0.25) is 5.95 Å². The van der Waals surface area contributed by atoms with Gasteiger partial charge >= 0.3 is 0 Å². The number of amides is 2. The second-order valence-corrected chi connectivity index (χ2v) is 7.77. The Hall–Kier alpha value is -3.89. The van der Waals surface area contributed by atoms with E-state index in [9.17, 15) is 9.59 Å². The zero-order valence-electron chi connectivity index (χ0n) is 18.2. The first-order chi connectivity index (χ1) is 16.1. The monoisotopic (exact) mass is 481 g/mol. The van der Waals surface area contributed by atoms with Crippen LogP contribution in [0.15, 0.2) is 54.9 Å². The van der Waals surface area contributed by atoms with Crippen LogP contribution >= 0.6 is 12.4 Å². The number of anilines is 2. The van der Waals surface area contributed by atoms with Crippen molar-refractivity contribution in [1.29, 1.82) is 0 Å². The molecule has 34 heavy (non-hydrogen) atoms. The Morgan fingerprint density at radius 1 is 1.06 bits per heavy atom. The molecule has 176 valence electrons. The number of hydrogen-bond acceptors (Lipinski definition) is 6. The normalized spacial score (nSPS) is 13.9. The minimum Gasteiger partial charge on any atom is -0.490 e. The van der Waals surface area contributed by atoms with Gasteiger partial charge in [-0.25, -0.2) is 14.9 Å². The number of benzene rings is 2. The van der Waals surface area contributed by atoms with Crippen LogP contribution < -0.4 is 20.7 Å². The second kappa shape index (κ2) is 9.94. The molecule has 5 rings (SSSR count). The summed E-state index contributed by atoms with van der Waals surface area (Å²) in [7, 11) is 0. The minimum atomic E-state index is -0.796. The van der Waals surface area contributed by atoms with Crippen molar-refractivity contribution >= 4 is 46.9 Å². The van der Waals surface area contributed by atoms with Gasteiger partial charge in [-0.2, -0.15) is 0 Å². The van der Waals surface area contributed by atoms with Crippen molar-refractivity contribution in [1.82, 2.24) is 25.3 Å². The highest BCUT2D eigenvalue weighted by Gasteiger charge is 2.28. The molecule has 1 aliphatic heterocycles. The molecular weight excluding hydrogens is 458 g/mol. The first-order valence-electron chi connectivity index (χ1n) is 10.7. The van der Waals surface area contributed by atoms with Crippen molar-refractivity contribution in [2.75, 3.05) is 18.0 Å². The van der Waals surface area contributed by atoms with Crippen LogP contribution in [0.3, 0.4) is 0 Å². The van der Waals surface area contributed by atoms with E-state index in [1.54, 1.807) is 12.1 Å². The smallest absolute Gasteiger partial charge is 0.284 e. The molecule has 0 spiro atoms. The molecule has 0 aliphatic carbocycles. The molecule has 1 fully saturated rings. The molecule has 2 amide bonds. The number of halogens is 1. The number of ether oxygens (including phenoxy) is 1. The Morgan fingerprint density at radius 3 is 2.50 bits per heavy atom. The van der Waals surface area contributed by atoms with E-state index in [4.69, 9.17) is 10.5 Å². The van der Waals surface area contributed by atoms with Crippen LogP contribution in [0.1, 0.15) is 33.8 Å². The molecule has 4 aromatic rings. The molecule has 5 N–H and O–H groups in total. The summed E-state index contributed by atoms with van der Waals surface area (Å²) in [6.45, 7) is 1.87. The van der Waals surface area contributed by atoms with Gasteiger partial charge in [0.25, 0.3) is 11.8 Å². The van der Waals surface area contributed by atoms with Crippen LogP contribution in [-0.4, -0.2) is 50.9 Å². The van der Waals surface area contributed by atoms with E-state index in [1.165, 1.54) is 11.2 Å². The predicted octanol–water partition coefficient (Wildman–Crippen LogP) is 2.92. The van der Waals surface area contributed by atoms with E-state index in [-0.39, 0.29) is 29.9 Å². The zero-order chi connectivity index (χ0) is 22.8. The lowest BCUT2D eigenvalue weighted by molar-refractivity contribution is 0.0961. The van der Waals surface area contributed by atoms with Crippen molar-refractivity contribution in [3.05, 3.63) is 66.2 Å². The van der Waals surface area contributed by atoms with E-state index in [2.05, 4.69) is 25.3 Å². The number of rotatable bonds is 6. The number of imidazole rings is 2. The fraction of sp³-hybridized carbons (Fsp3) is 0.217. The van der Waals surface area contributed by atoms with Gasteiger partial charge in [0.1, 0.15) is 17.5 Å². The number of carbonyl (C=O) groups excluding carboxylic acids is 2. The maximum Gasteiger partial charge on any atom is 0.284 e. The number of aromatic amines is 2. The van der Waals surface area contributed by atoms with E-state index in [1.807, 2.05) is 36.4 Å². The van der Waals surface area contributed by atoms with Gasteiger partial charge < -0.3 is 25.8 Å². The standard InChI is InChI=1S/C23H23N7O3.ClH/c24-21(31)19-20(27-13-26-19)22(32)30(23-28-17-3-1-2-4-18(17)29-23)14-5-7-15(8-6-14)33-16-9-11-25-12-10-16;/h1-8,13,16,25H,9-12H2,(H2,24,31)(H,26,27)(H,28,29);1H. The summed E-state index contributed by atoms with van der Waals surface area (Å²) < 4.78 is 6.08. The molecule has 0 saturated carbocycles. The van der Waals surface area contributed by atoms with Crippen LogP contribution in [0.25, 0.3) is 11.0 Å². The summed E-state index contributed by atoms with van der Waals surface area (Å²) in [6.07, 6.45) is 3.32. The third-order valence-corrected chi connectivity index (χ3v) is 5.56. The summed E-state index contributed by atoms with van der Waals surface area (Å²) in [5.41, 5.74) is 7.28. The minimum absolute atomic E-state index is 0. The van der Waals surface area contributed by atoms with Gasteiger partial charge in [-0.05, 0) is 62.3 Å². The number of aromatic nitrogens is 4. The van der Waals surface area contributed by atoms with Crippen molar-refractivity contribution in [3.63, 3.8) is 0 Å². The highest BCUT2D eigenvalue weighted by molar-refractivity contribution is 6.14. The fourth-order valence-electron chi connectivity index (χ4n) is 3.92. The third-order valence-electron chi connectivity index (χ3n) is 5.56. The van der Waals surface area contributed by atoms with Gasteiger partial charge in [-0.15, -0.1) is 12.4 Å². The van der Waals surface area contributed by atoms with Crippen LogP contribution in [0.4, 0.5) is 11.6 Å². The molecule has 11 heteroatoms. The Bertz CT molecular complexity index is 1260. The Labute approximate surface area is 201 Å². The number of fused-ring (bicyclic) bond motifs is 1. The van der Waals surface area contributed by atoms with E-state index in [0.29, 0.717) is 17.2 Å². The molecule has 0 unspecified atom stereocenters. The van der Waals surface area contributed by atoms with Gasteiger partial charge in [0.15, 0.2) is 5.69 Å². The molecule has 0 atom stereocenters. The molecule has 0 bridgehead atoms. The predicted molar refractivity (Wildman–Crippen MR) is 130 cm³/mol. The zero-order valence-corrected chi connectivity index (χ0v) is 19.0. The quantitative estimate of drug-likeness (QED) is 0.333. The number of hydrogen-bond donors (Lipinski definition) is 4. The number of nitrogens with zero attached hydrogens (tertiary/aromatic N) is 3. The average Bonchev–Trinajstić information content (AvgIpc) is 3.48. The highest BCUT2D eigenvalue weighted by atomic mass is 35.5. The largest absolute Gasteiger partial charge is 0.490 e. The third kappa shape index (κ3) is 4.59. The van der Waals surface area contributed by atoms with Crippen molar-refractivity contribution in [2.45, 2.75) is 18.9 Å². The summed E-state index contributed by atoms with van der Waals surface area (Å²) in [5.74, 6) is -0.289. The molecule has 2 aromatic carbocycles. The lowest BCUT2D eigenvalue weighted by Crippen LogP contribution is -2.34. The molecule has 1 aliphatic rings. The number of primary amides is 1. The fourth-order valence-corrected chi connectivity index (χ4v) is 3.92. The first-order valence-corrected chi connectivity index (χ1v) is 10.7. The molecule has 2 aromatic heterocycles. The Kier molecular flexibility index (Phi) is 6.80. The van der Waals surface area contributed by atoms with Crippen LogP contribution in [0, 0.1) is 0 Å². The van der Waals surface area contributed by atoms with Crippen molar-refractivity contribution in [2.24, 2.45) is 5.73 Å². The molecule has 3 heterocycles. The molecule has 10 nitrogen and oxygen atoms in total. The maximum atomic E-state index is 13.6.